The average Bonchev–Trinajstić information content (AvgIpc) is 2.84. The summed E-state index contributed by atoms with van der Waals surface area (Å²) < 4.78 is 6.93. The molecule has 0 fully saturated rings. The van der Waals surface area contributed by atoms with E-state index >= 15 is 0 Å². The summed E-state index contributed by atoms with van der Waals surface area (Å²) in [6.07, 6.45) is 2.51. The van der Waals surface area contributed by atoms with Crippen LogP contribution in [0.2, 0.25) is 0 Å². The molecule has 0 amide bonds. The summed E-state index contributed by atoms with van der Waals surface area (Å²) in [7, 11) is 0. The molecular formula is C15H19BrNO+. The van der Waals surface area contributed by atoms with E-state index in [0.29, 0.717) is 0 Å². The minimum absolute atomic E-state index is 0.927. The van der Waals surface area contributed by atoms with Crippen molar-refractivity contribution in [3.63, 3.8) is 0 Å². The Morgan fingerprint density at radius 2 is 1.89 bits per heavy atom. The molecular weight excluding hydrogens is 290 g/mol. The molecule has 0 radical (unpaired) electrons. The second-order valence-corrected chi connectivity index (χ2v) is 5.32. The zero-order valence-corrected chi connectivity index (χ0v) is 12.2. The zero-order chi connectivity index (χ0) is 12.8. The van der Waals surface area contributed by atoms with E-state index in [4.69, 9.17) is 4.42 Å². The van der Waals surface area contributed by atoms with Crippen LogP contribution in [0.25, 0.3) is 11.3 Å². The van der Waals surface area contributed by atoms with Gasteiger partial charge in [-0.2, -0.15) is 0 Å². The van der Waals surface area contributed by atoms with Gasteiger partial charge in [0.25, 0.3) is 0 Å². The Bertz CT molecular complexity index is 475. The van der Waals surface area contributed by atoms with Crippen LogP contribution < -0.4 is 5.32 Å². The minimum Gasteiger partial charge on any atom is -0.455 e. The number of hydrogen-bond acceptors (Lipinski definition) is 1. The van der Waals surface area contributed by atoms with Gasteiger partial charge in [0.2, 0.25) is 0 Å². The molecule has 2 nitrogen and oxygen atoms in total. The highest BCUT2D eigenvalue weighted by Gasteiger charge is 2.05. The summed E-state index contributed by atoms with van der Waals surface area (Å²) in [5, 5.41) is 2.30. The minimum atomic E-state index is 0.927. The van der Waals surface area contributed by atoms with Crippen molar-refractivity contribution >= 4 is 15.9 Å². The van der Waals surface area contributed by atoms with E-state index in [9.17, 15) is 0 Å². The lowest BCUT2D eigenvalue weighted by atomic mass is 10.2. The van der Waals surface area contributed by atoms with Crippen molar-refractivity contribution in [2.75, 3.05) is 6.54 Å². The standard InChI is InChI=1S/C15H18BrNO/c1-2-3-10-17-11-14-8-9-15(18-14)12-4-6-13(16)7-5-12/h4-9,17H,2-3,10-11H2,1H3/p+1. The average molecular weight is 309 g/mol. The van der Waals surface area contributed by atoms with E-state index < -0.39 is 0 Å². The molecule has 0 aliphatic rings. The first-order valence-electron chi connectivity index (χ1n) is 6.46. The first-order chi connectivity index (χ1) is 8.79. The number of nitrogens with two attached hydrogens (primary N) is 1. The van der Waals surface area contributed by atoms with Crippen molar-refractivity contribution in [3.8, 4) is 11.3 Å². The van der Waals surface area contributed by atoms with Crippen LogP contribution in [-0.2, 0) is 6.54 Å². The van der Waals surface area contributed by atoms with Crippen molar-refractivity contribution in [1.82, 2.24) is 0 Å². The number of unbranched alkanes of at least 4 members (excludes halogenated alkanes) is 1. The largest absolute Gasteiger partial charge is 0.455 e. The van der Waals surface area contributed by atoms with Crippen LogP contribution in [0.5, 0.6) is 0 Å². The van der Waals surface area contributed by atoms with Gasteiger partial charge < -0.3 is 9.73 Å². The summed E-state index contributed by atoms with van der Waals surface area (Å²) >= 11 is 3.44. The molecule has 3 heteroatoms. The molecule has 0 saturated carbocycles. The molecule has 2 N–H and O–H groups in total. The highest BCUT2D eigenvalue weighted by Crippen LogP contribution is 2.23. The highest BCUT2D eigenvalue weighted by molar-refractivity contribution is 9.10. The molecule has 0 bridgehead atoms. The molecule has 2 rings (SSSR count). The fraction of sp³-hybridized carbons (Fsp3) is 0.333. The zero-order valence-electron chi connectivity index (χ0n) is 10.7. The molecule has 0 spiro atoms. The van der Waals surface area contributed by atoms with Gasteiger partial charge in [-0.25, -0.2) is 0 Å². The van der Waals surface area contributed by atoms with Gasteiger partial charge >= 0.3 is 0 Å². The second kappa shape index (κ2) is 6.76. The van der Waals surface area contributed by atoms with Crippen LogP contribution in [0.4, 0.5) is 0 Å². The number of halogens is 1. The van der Waals surface area contributed by atoms with Crippen LogP contribution in [-0.4, -0.2) is 6.54 Å². The van der Waals surface area contributed by atoms with Crippen molar-refractivity contribution in [2.24, 2.45) is 0 Å². The van der Waals surface area contributed by atoms with Crippen LogP contribution >= 0.6 is 15.9 Å². The highest BCUT2D eigenvalue weighted by atomic mass is 79.9. The van der Waals surface area contributed by atoms with Gasteiger partial charge in [-0.15, -0.1) is 0 Å². The lowest BCUT2D eigenvalue weighted by molar-refractivity contribution is -0.672. The first-order valence-corrected chi connectivity index (χ1v) is 7.25. The maximum atomic E-state index is 5.84. The summed E-state index contributed by atoms with van der Waals surface area (Å²) in [5.41, 5.74) is 1.12. The summed E-state index contributed by atoms with van der Waals surface area (Å²) in [4.78, 5) is 0. The monoisotopic (exact) mass is 308 g/mol. The Morgan fingerprint density at radius 1 is 1.11 bits per heavy atom. The Labute approximate surface area is 117 Å². The van der Waals surface area contributed by atoms with Crippen molar-refractivity contribution in [1.29, 1.82) is 0 Å². The number of quaternary nitrogens is 1. The molecule has 0 aliphatic carbocycles. The molecule has 1 aromatic heterocycles. The Kier molecular flexibility index (Phi) is 5.02. The molecule has 0 unspecified atom stereocenters. The van der Waals surface area contributed by atoms with E-state index in [1.54, 1.807) is 0 Å². The fourth-order valence-electron chi connectivity index (χ4n) is 1.85. The first kappa shape index (κ1) is 13.4. The maximum absolute atomic E-state index is 5.84. The summed E-state index contributed by atoms with van der Waals surface area (Å²) in [6.45, 7) is 4.31. The quantitative estimate of drug-likeness (QED) is 0.812. The van der Waals surface area contributed by atoms with Gasteiger partial charge in [0.05, 0.1) is 6.54 Å². The van der Waals surface area contributed by atoms with Gasteiger partial charge in [0, 0.05) is 10.0 Å². The smallest absolute Gasteiger partial charge is 0.158 e. The second-order valence-electron chi connectivity index (χ2n) is 4.41. The van der Waals surface area contributed by atoms with E-state index in [0.717, 1.165) is 28.1 Å². The predicted octanol–water partition coefficient (Wildman–Crippen LogP) is 3.57. The third-order valence-electron chi connectivity index (χ3n) is 2.90. The third-order valence-corrected chi connectivity index (χ3v) is 3.43. The molecule has 18 heavy (non-hydrogen) atoms. The Morgan fingerprint density at radius 3 is 2.61 bits per heavy atom. The van der Waals surface area contributed by atoms with E-state index in [1.165, 1.54) is 19.4 Å². The Balaban J connectivity index is 1.95. The SMILES string of the molecule is CCCC[NH2+]Cc1ccc(-c2ccc(Br)cc2)o1. The molecule has 0 atom stereocenters. The van der Waals surface area contributed by atoms with Crippen LogP contribution in [0.15, 0.2) is 45.3 Å². The molecule has 0 saturated heterocycles. The van der Waals surface area contributed by atoms with Gasteiger partial charge in [-0.05, 0) is 30.7 Å². The topological polar surface area (TPSA) is 29.8 Å². The van der Waals surface area contributed by atoms with Crippen molar-refractivity contribution in [2.45, 2.75) is 26.3 Å². The van der Waals surface area contributed by atoms with Gasteiger partial charge in [-0.3, -0.25) is 0 Å². The van der Waals surface area contributed by atoms with E-state index in [-0.39, 0.29) is 0 Å². The maximum Gasteiger partial charge on any atom is 0.158 e. The molecule has 1 heterocycles. The van der Waals surface area contributed by atoms with E-state index in [2.05, 4.69) is 46.4 Å². The molecule has 2 aromatic rings. The molecule has 1 aromatic carbocycles. The van der Waals surface area contributed by atoms with Gasteiger partial charge in [-0.1, -0.05) is 41.4 Å². The third kappa shape index (κ3) is 3.72. The van der Waals surface area contributed by atoms with Gasteiger partial charge in [0.1, 0.15) is 12.3 Å². The normalized spacial score (nSPS) is 10.8. The van der Waals surface area contributed by atoms with E-state index in [1.807, 2.05) is 18.2 Å². The molecule has 0 aliphatic heterocycles. The van der Waals surface area contributed by atoms with Crippen LogP contribution in [0.1, 0.15) is 25.5 Å². The van der Waals surface area contributed by atoms with Gasteiger partial charge in [0.15, 0.2) is 5.76 Å². The Hall–Kier alpha value is -1.06. The summed E-state index contributed by atoms with van der Waals surface area (Å²) in [5.74, 6) is 1.99. The number of furan rings is 1. The summed E-state index contributed by atoms with van der Waals surface area (Å²) in [6, 6.07) is 12.3. The number of benzene rings is 1. The van der Waals surface area contributed by atoms with Crippen LogP contribution in [0, 0.1) is 0 Å². The molecule has 96 valence electrons. The predicted molar refractivity (Wildman–Crippen MR) is 77.2 cm³/mol. The number of hydrogen-bond donors (Lipinski definition) is 1. The lowest BCUT2D eigenvalue weighted by Crippen LogP contribution is -2.82. The lowest BCUT2D eigenvalue weighted by Gasteiger charge is -1.99. The number of rotatable bonds is 6. The van der Waals surface area contributed by atoms with Crippen LogP contribution in [0.3, 0.4) is 0 Å². The fourth-order valence-corrected chi connectivity index (χ4v) is 2.11. The van der Waals surface area contributed by atoms with Crippen molar-refractivity contribution < 1.29 is 9.73 Å². The van der Waals surface area contributed by atoms with Crippen molar-refractivity contribution in [3.05, 3.63) is 46.6 Å².